The molecule has 0 unspecified atom stereocenters. The average Bonchev–Trinajstić information content (AvgIpc) is 2.60. The summed E-state index contributed by atoms with van der Waals surface area (Å²) in [6.07, 6.45) is 0. The van der Waals surface area contributed by atoms with Crippen molar-refractivity contribution in [3.05, 3.63) is 83.4 Å². The molecule has 0 amide bonds. The van der Waals surface area contributed by atoms with Gasteiger partial charge < -0.3 is 0 Å². The molecule has 0 aliphatic rings. The molecule has 0 aliphatic heterocycles. The molecule has 0 radical (unpaired) electrons. The lowest BCUT2D eigenvalue weighted by molar-refractivity contribution is 0.569. The molecule has 0 fully saturated rings. The first-order valence-corrected chi connectivity index (χ1v) is 9.89. The second-order valence-corrected chi connectivity index (χ2v) is 9.62. The number of hydrogen-bond donors (Lipinski definition) is 0. The molecule has 0 bridgehead atoms. The number of hydrogen-bond acceptors (Lipinski definition) is 0. The summed E-state index contributed by atoms with van der Waals surface area (Å²) in [6.45, 7) is 16.1. The van der Waals surface area contributed by atoms with E-state index >= 15 is 0 Å². The van der Waals surface area contributed by atoms with Crippen LogP contribution in [-0.4, -0.2) is 0 Å². The Hall–Kier alpha value is -2.34. The van der Waals surface area contributed by atoms with E-state index in [0.717, 1.165) is 0 Å². The summed E-state index contributed by atoms with van der Waals surface area (Å²) in [7, 11) is 0. The smallest absolute Gasteiger partial charge is 0.0106 e. The monoisotopic (exact) mass is 356 g/mol. The molecule has 3 aromatic rings. The summed E-state index contributed by atoms with van der Waals surface area (Å²) in [5.41, 5.74) is 9.70. The van der Waals surface area contributed by atoms with Crippen molar-refractivity contribution >= 4 is 0 Å². The van der Waals surface area contributed by atoms with Gasteiger partial charge in [0.05, 0.1) is 0 Å². The highest BCUT2D eigenvalue weighted by Crippen LogP contribution is 2.42. The Balaban J connectivity index is 2.22. The average molecular weight is 357 g/mol. The van der Waals surface area contributed by atoms with Crippen LogP contribution in [0.25, 0.3) is 22.3 Å². The van der Waals surface area contributed by atoms with E-state index in [9.17, 15) is 0 Å². The van der Waals surface area contributed by atoms with Crippen LogP contribution >= 0.6 is 0 Å². The molecule has 0 heterocycles. The third-order valence-electron chi connectivity index (χ3n) is 5.25. The Morgan fingerprint density at radius 2 is 1.04 bits per heavy atom. The lowest BCUT2D eigenvalue weighted by Crippen LogP contribution is -2.20. The van der Waals surface area contributed by atoms with Crippen LogP contribution < -0.4 is 0 Å². The zero-order chi connectivity index (χ0) is 19.8. The van der Waals surface area contributed by atoms with E-state index < -0.39 is 0 Å². The van der Waals surface area contributed by atoms with Gasteiger partial charge in [-0.25, -0.2) is 0 Å². The summed E-state index contributed by atoms with van der Waals surface area (Å²) < 4.78 is 0. The van der Waals surface area contributed by atoms with Crippen molar-refractivity contribution in [2.45, 2.75) is 59.3 Å². The van der Waals surface area contributed by atoms with Gasteiger partial charge in [-0.05, 0) is 56.7 Å². The fourth-order valence-corrected chi connectivity index (χ4v) is 4.06. The minimum atomic E-state index is 0.0960. The molecule has 0 saturated heterocycles. The molecule has 0 aliphatic carbocycles. The van der Waals surface area contributed by atoms with E-state index in [1.807, 2.05) is 0 Å². The van der Waals surface area contributed by atoms with Crippen LogP contribution in [0.2, 0.25) is 0 Å². The second kappa shape index (κ2) is 7.00. The molecule has 0 saturated carbocycles. The molecule has 0 heteroatoms. The SMILES string of the molecule is Cc1ccc(C(C)(C)C)c(-c2ccc(-c3ccccc3)cc2)c1C(C)(C)C. The molecular weight excluding hydrogens is 324 g/mol. The van der Waals surface area contributed by atoms with Crippen LogP contribution in [0, 0.1) is 6.92 Å². The van der Waals surface area contributed by atoms with E-state index in [2.05, 4.69) is 115 Å². The quantitative estimate of drug-likeness (QED) is 0.437. The van der Waals surface area contributed by atoms with E-state index in [-0.39, 0.29) is 10.8 Å². The number of benzene rings is 3. The maximum atomic E-state index is 2.32. The Morgan fingerprint density at radius 3 is 1.56 bits per heavy atom. The highest BCUT2D eigenvalue weighted by atomic mass is 14.3. The molecule has 3 rings (SSSR count). The third-order valence-corrected chi connectivity index (χ3v) is 5.25. The van der Waals surface area contributed by atoms with Gasteiger partial charge in [-0.1, -0.05) is 108 Å². The summed E-state index contributed by atoms with van der Waals surface area (Å²) in [6, 6.07) is 24.3. The summed E-state index contributed by atoms with van der Waals surface area (Å²) in [4.78, 5) is 0. The van der Waals surface area contributed by atoms with Gasteiger partial charge >= 0.3 is 0 Å². The number of rotatable bonds is 2. The minimum absolute atomic E-state index is 0.0960. The lowest BCUT2D eigenvalue weighted by atomic mass is 9.72. The predicted octanol–water partition coefficient (Wildman–Crippen LogP) is 7.92. The van der Waals surface area contributed by atoms with Gasteiger partial charge in [0.25, 0.3) is 0 Å². The Kier molecular flexibility index (Phi) is 5.04. The fourth-order valence-electron chi connectivity index (χ4n) is 4.06. The van der Waals surface area contributed by atoms with Crippen LogP contribution in [0.15, 0.2) is 66.7 Å². The maximum absolute atomic E-state index is 2.32. The van der Waals surface area contributed by atoms with Gasteiger partial charge in [-0.3, -0.25) is 0 Å². The lowest BCUT2D eigenvalue weighted by Gasteiger charge is -2.32. The van der Waals surface area contributed by atoms with E-state index in [1.54, 1.807) is 0 Å². The standard InChI is InChI=1S/C27H32/c1-19-13-18-23(26(2,3)4)24(25(19)27(5,6)7)22-16-14-21(15-17-22)20-11-9-8-10-12-20/h8-18H,1-7H3. The van der Waals surface area contributed by atoms with Crippen molar-refractivity contribution < 1.29 is 0 Å². The first-order valence-electron chi connectivity index (χ1n) is 9.89. The number of aryl methyl sites for hydroxylation is 1. The summed E-state index contributed by atoms with van der Waals surface area (Å²) >= 11 is 0. The fraction of sp³-hybridized carbons (Fsp3) is 0.333. The first kappa shape index (κ1) is 19.4. The van der Waals surface area contributed by atoms with Crippen molar-refractivity contribution in [1.29, 1.82) is 0 Å². The molecule has 0 nitrogen and oxygen atoms in total. The van der Waals surface area contributed by atoms with Crippen LogP contribution in [0.5, 0.6) is 0 Å². The molecule has 0 aromatic heterocycles. The predicted molar refractivity (Wildman–Crippen MR) is 119 cm³/mol. The molecule has 0 spiro atoms. The van der Waals surface area contributed by atoms with Crippen molar-refractivity contribution in [1.82, 2.24) is 0 Å². The first-order chi connectivity index (χ1) is 12.6. The van der Waals surface area contributed by atoms with Gasteiger partial charge in [0, 0.05) is 0 Å². The van der Waals surface area contributed by atoms with Gasteiger partial charge in [-0.15, -0.1) is 0 Å². The maximum Gasteiger partial charge on any atom is -0.0106 e. The van der Waals surface area contributed by atoms with Gasteiger partial charge in [0.2, 0.25) is 0 Å². The highest BCUT2D eigenvalue weighted by Gasteiger charge is 2.27. The van der Waals surface area contributed by atoms with Crippen LogP contribution in [0.1, 0.15) is 58.2 Å². The zero-order valence-corrected chi connectivity index (χ0v) is 17.9. The van der Waals surface area contributed by atoms with Crippen molar-refractivity contribution in [2.75, 3.05) is 0 Å². The van der Waals surface area contributed by atoms with Crippen LogP contribution in [0.4, 0.5) is 0 Å². The molecule has 0 N–H and O–H groups in total. The Morgan fingerprint density at radius 1 is 0.519 bits per heavy atom. The normalized spacial score (nSPS) is 12.3. The summed E-state index contributed by atoms with van der Waals surface area (Å²) in [5, 5.41) is 0. The third kappa shape index (κ3) is 4.00. The van der Waals surface area contributed by atoms with Gasteiger partial charge in [0.1, 0.15) is 0 Å². The minimum Gasteiger partial charge on any atom is -0.0622 e. The van der Waals surface area contributed by atoms with E-state index in [4.69, 9.17) is 0 Å². The second-order valence-electron chi connectivity index (χ2n) is 9.62. The molecule has 27 heavy (non-hydrogen) atoms. The van der Waals surface area contributed by atoms with Crippen molar-refractivity contribution in [2.24, 2.45) is 0 Å². The van der Waals surface area contributed by atoms with Gasteiger partial charge in [0.15, 0.2) is 0 Å². The summed E-state index contributed by atoms with van der Waals surface area (Å²) in [5.74, 6) is 0. The Bertz CT molecular complexity index is 915. The largest absolute Gasteiger partial charge is 0.0622 e. The van der Waals surface area contributed by atoms with E-state index in [0.29, 0.717) is 0 Å². The Labute approximate surface area is 165 Å². The van der Waals surface area contributed by atoms with E-state index in [1.165, 1.54) is 38.9 Å². The molecular formula is C27H32. The highest BCUT2D eigenvalue weighted by molar-refractivity contribution is 5.77. The van der Waals surface area contributed by atoms with Crippen molar-refractivity contribution in [3.8, 4) is 22.3 Å². The van der Waals surface area contributed by atoms with Crippen LogP contribution in [-0.2, 0) is 10.8 Å². The zero-order valence-electron chi connectivity index (χ0n) is 17.9. The van der Waals surface area contributed by atoms with Crippen molar-refractivity contribution in [3.63, 3.8) is 0 Å². The molecule has 140 valence electrons. The van der Waals surface area contributed by atoms with Crippen LogP contribution in [0.3, 0.4) is 0 Å². The van der Waals surface area contributed by atoms with Gasteiger partial charge in [-0.2, -0.15) is 0 Å². The molecule has 0 atom stereocenters. The topological polar surface area (TPSA) is 0 Å². The molecule has 3 aromatic carbocycles.